The van der Waals surface area contributed by atoms with Crippen molar-refractivity contribution in [2.45, 2.75) is 12.5 Å². The highest BCUT2D eigenvalue weighted by molar-refractivity contribution is 7.80. The number of hydrogen-bond acceptors (Lipinski definition) is 6. The summed E-state index contributed by atoms with van der Waals surface area (Å²) in [4.78, 5) is 32.0. The van der Waals surface area contributed by atoms with Gasteiger partial charge in [0.05, 0.1) is 32.4 Å². The van der Waals surface area contributed by atoms with Gasteiger partial charge in [0.1, 0.15) is 11.8 Å². The van der Waals surface area contributed by atoms with E-state index in [9.17, 15) is 9.59 Å². The van der Waals surface area contributed by atoms with E-state index in [4.69, 9.17) is 33.3 Å². The average Bonchev–Trinajstić information content (AvgIpc) is 3.08. The van der Waals surface area contributed by atoms with Gasteiger partial charge in [-0.15, -0.1) is 0 Å². The number of methoxy groups -OCH3 is 1. The van der Waals surface area contributed by atoms with Gasteiger partial charge >= 0.3 is 0 Å². The minimum Gasteiger partial charge on any atom is -0.497 e. The molecule has 0 aliphatic carbocycles. The van der Waals surface area contributed by atoms with Gasteiger partial charge in [-0.1, -0.05) is 11.6 Å². The van der Waals surface area contributed by atoms with Crippen molar-refractivity contribution in [2.24, 2.45) is 0 Å². The first-order valence-electron chi connectivity index (χ1n) is 11.1. The van der Waals surface area contributed by atoms with Crippen molar-refractivity contribution in [1.29, 1.82) is 0 Å². The highest BCUT2D eigenvalue weighted by Gasteiger charge is 2.44. The Balaban J connectivity index is 1.50. The van der Waals surface area contributed by atoms with Crippen molar-refractivity contribution < 1.29 is 19.1 Å². The van der Waals surface area contributed by atoms with Crippen molar-refractivity contribution in [1.82, 2.24) is 9.80 Å². The summed E-state index contributed by atoms with van der Waals surface area (Å²) in [6, 6.07) is 13.3. The summed E-state index contributed by atoms with van der Waals surface area (Å²) in [5.74, 6) is 0.210. The molecule has 0 spiro atoms. The fourth-order valence-electron chi connectivity index (χ4n) is 4.05. The predicted molar refractivity (Wildman–Crippen MR) is 136 cm³/mol. The number of amides is 2. The minimum absolute atomic E-state index is 0.0157. The highest BCUT2D eigenvalue weighted by atomic mass is 35.5. The van der Waals surface area contributed by atoms with Crippen LogP contribution in [0.1, 0.15) is 6.42 Å². The number of ether oxygens (including phenoxy) is 2. The minimum atomic E-state index is -0.692. The molecule has 180 valence electrons. The monoisotopic (exact) mass is 502 g/mol. The lowest BCUT2D eigenvalue weighted by atomic mass is 10.1. The molecular weight excluding hydrogens is 476 g/mol. The van der Waals surface area contributed by atoms with Gasteiger partial charge in [0.15, 0.2) is 5.11 Å². The topological polar surface area (TPSA) is 74.4 Å². The number of carbonyl (C=O) groups excluding carboxylic acids is 2. The van der Waals surface area contributed by atoms with Gasteiger partial charge in [0.25, 0.3) is 5.91 Å². The summed E-state index contributed by atoms with van der Waals surface area (Å²) in [6.07, 6.45) is -0.0157. The zero-order valence-electron chi connectivity index (χ0n) is 18.9. The Morgan fingerprint density at radius 3 is 2.44 bits per heavy atom. The predicted octanol–water partition coefficient (Wildman–Crippen LogP) is 3.01. The Bertz CT molecular complexity index is 1030. The molecule has 1 atom stereocenters. The molecule has 2 saturated heterocycles. The first kappa shape index (κ1) is 24.4. The van der Waals surface area contributed by atoms with E-state index >= 15 is 0 Å². The summed E-state index contributed by atoms with van der Waals surface area (Å²) in [5.41, 5.74) is 1.27. The van der Waals surface area contributed by atoms with E-state index in [1.807, 2.05) is 4.90 Å². The van der Waals surface area contributed by atoms with Crippen LogP contribution in [0.5, 0.6) is 5.75 Å². The Kier molecular flexibility index (Phi) is 7.99. The number of rotatable bonds is 8. The van der Waals surface area contributed by atoms with Gasteiger partial charge in [0.2, 0.25) is 5.91 Å². The molecule has 0 unspecified atom stereocenters. The van der Waals surface area contributed by atoms with Crippen LogP contribution in [0, 0.1) is 0 Å². The molecule has 2 heterocycles. The van der Waals surface area contributed by atoms with E-state index in [0.717, 1.165) is 19.6 Å². The number of halogens is 1. The van der Waals surface area contributed by atoms with Crippen LogP contribution < -0.4 is 15.0 Å². The maximum atomic E-state index is 13.5. The summed E-state index contributed by atoms with van der Waals surface area (Å²) >= 11 is 11.7. The molecule has 0 radical (unpaired) electrons. The molecule has 2 fully saturated rings. The first-order valence-corrected chi connectivity index (χ1v) is 11.9. The van der Waals surface area contributed by atoms with E-state index < -0.39 is 6.04 Å². The molecule has 2 aromatic carbocycles. The number of nitrogens with zero attached hydrogens (tertiary/aromatic N) is 3. The van der Waals surface area contributed by atoms with Crippen LogP contribution >= 0.6 is 23.8 Å². The molecule has 2 amide bonds. The molecule has 0 aromatic heterocycles. The molecule has 2 aliphatic rings. The van der Waals surface area contributed by atoms with Crippen LogP contribution in [0.25, 0.3) is 0 Å². The van der Waals surface area contributed by atoms with Crippen molar-refractivity contribution in [3.63, 3.8) is 0 Å². The van der Waals surface area contributed by atoms with Crippen LogP contribution in [-0.2, 0) is 14.3 Å². The second-order valence-corrected chi connectivity index (χ2v) is 8.88. The number of morpholine rings is 1. The third-order valence-electron chi connectivity index (χ3n) is 5.92. The largest absolute Gasteiger partial charge is 0.497 e. The van der Waals surface area contributed by atoms with Crippen molar-refractivity contribution in [2.75, 3.05) is 56.7 Å². The second-order valence-electron chi connectivity index (χ2n) is 8.08. The molecule has 2 aliphatic heterocycles. The van der Waals surface area contributed by atoms with Crippen LogP contribution in [-0.4, -0.2) is 79.3 Å². The van der Waals surface area contributed by atoms with E-state index in [1.165, 1.54) is 4.90 Å². The number of thiocarbonyl (C=S) groups is 1. The van der Waals surface area contributed by atoms with Crippen molar-refractivity contribution in [3.05, 3.63) is 53.6 Å². The number of anilines is 2. The molecule has 34 heavy (non-hydrogen) atoms. The lowest BCUT2D eigenvalue weighted by Gasteiger charge is -2.30. The van der Waals surface area contributed by atoms with Gasteiger partial charge in [-0.05, 0) is 60.7 Å². The number of carbonyl (C=O) groups is 2. The zero-order valence-corrected chi connectivity index (χ0v) is 20.5. The molecule has 4 rings (SSSR count). The second kappa shape index (κ2) is 11.1. The van der Waals surface area contributed by atoms with Gasteiger partial charge in [-0.3, -0.25) is 19.4 Å². The Morgan fingerprint density at radius 2 is 1.79 bits per heavy atom. The van der Waals surface area contributed by atoms with Gasteiger partial charge in [-0.2, -0.15) is 0 Å². The Morgan fingerprint density at radius 1 is 1.12 bits per heavy atom. The zero-order chi connectivity index (χ0) is 24.1. The van der Waals surface area contributed by atoms with Gasteiger partial charge < -0.3 is 19.7 Å². The van der Waals surface area contributed by atoms with Crippen LogP contribution in [0.2, 0.25) is 5.02 Å². The van der Waals surface area contributed by atoms with E-state index in [1.54, 1.807) is 55.6 Å². The smallest absolute Gasteiger partial charge is 0.256 e. The lowest BCUT2D eigenvalue weighted by Crippen LogP contribution is -2.45. The summed E-state index contributed by atoms with van der Waals surface area (Å²) < 4.78 is 10.6. The molecule has 0 saturated carbocycles. The van der Waals surface area contributed by atoms with Crippen LogP contribution in [0.3, 0.4) is 0 Å². The van der Waals surface area contributed by atoms with Gasteiger partial charge in [-0.25, -0.2) is 0 Å². The first-order chi connectivity index (χ1) is 16.5. The van der Waals surface area contributed by atoms with Crippen molar-refractivity contribution >= 4 is 52.1 Å². The molecule has 10 heteroatoms. The van der Waals surface area contributed by atoms with E-state index in [-0.39, 0.29) is 18.2 Å². The van der Waals surface area contributed by atoms with E-state index in [0.29, 0.717) is 47.0 Å². The number of nitrogens with one attached hydrogen (secondary N) is 1. The fraction of sp³-hybridized carbons (Fsp3) is 0.375. The van der Waals surface area contributed by atoms with E-state index in [2.05, 4.69) is 10.2 Å². The lowest BCUT2D eigenvalue weighted by molar-refractivity contribution is -0.124. The SMILES string of the molecule is COc1ccc(NC(=O)C[C@H]2C(=O)N(c3ccc(Cl)cc3)C(=S)N2CCN2CCOCC2)cc1. The maximum Gasteiger partial charge on any atom is 0.256 e. The fourth-order valence-corrected chi connectivity index (χ4v) is 4.59. The van der Waals surface area contributed by atoms with Gasteiger partial charge in [0, 0.05) is 36.9 Å². The Hall–Kier alpha value is -2.72. The third-order valence-corrected chi connectivity index (χ3v) is 6.59. The summed E-state index contributed by atoms with van der Waals surface area (Å²) in [7, 11) is 1.58. The molecular formula is C24H27ClN4O4S. The normalized spacial score (nSPS) is 18.9. The molecule has 8 nitrogen and oxygen atoms in total. The van der Waals surface area contributed by atoms with Crippen LogP contribution in [0.4, 0.5) is 11.4 Å². The molecule has 2 aromatic rings. The average molecular weight is 503 g/mol. The number of benzene rings is 2. The van der Waals surface area contributed by atoms with Crippen molar-refractivity contribution in [3.8, 4) is 5.75 Å². The number of hydrogen-bond donors (Lipinski definition) is 1. The Labute approximate surface area is 209 Å². The standard InChI is InChI=1S/C24H27ClN4O4S/c1-32-20-8-4-18(5-9-20)26-22(30)16-21-23(31)29(19-6-2-17(25)3-7-19)24(34)28(21)11-10-27-12-14-33-15-13-27/h2-9,21H,10-16H2,1H3,(H,26,30)/t21-/m0/s1. The van der Waals surface area contributed by atoms with Crippen LogP contribution in [0.15, 0.2) is 48.5 Å². The third kappa shape index (κ3) is 5.67. The molecule has 1 N–H and O–H groups in total. The summed E-state index contributed by atoms with van der Waals surface area (Å²) in [5, 5.41) is 3.83. The quantitative estimate of drug-likeness (QED) is 0.556. The maximum absolute atomic E-state index is 13.5. The summed E-state index contributed by atoms with van der Waals surface area (Å²) in [6.45, 7) is 4.30. The highest BCUT2D eigenvalue weighted by Crippen LogP contribution is 2.28. The molecule has 0 bridgehead atoms.